The van der Waals surface area contributed by atoms with E-state index in [1.807, 2.05) is 35.7 Å². The molecule has 2 aromatic rings. The molecule has 4 heteroatoms. The molecule has 1 aromatic heterocycles. The number of thiazole rings is 1. The second-order valence-electron chi connectivity index (χ2n) is 4.30. The molecule has 0 radical (unpaired) electrons. The van der Waals surface area contributed by atoms with Crippen LogP contribution in [0.2, 0.25) is 0 Å². The Bertz CT molecular complexity index is 550. The third-order valence-corrected chi connectivity index (χ3v) is 3.90. The van der Waals surface area contributed by atoms with Gasteiger partial charge in [0.25, 0.3) is 0 Å². The molecule has 3 nitrogen and oxygen atoms in total. The van der Waals surface area contributed by atoms with Gasteiger partial charge in [0.1, 0.15) is 16.9 Å². The Kier molecular flexibility index (Phi) is 3.21. The smallest absolute Gasteiger partial charge is 0.138 e. The van der Waals surface area contributed by atoms with Crippen LogP contribution in [0.5, 0.6) is 0 Å². The summed E-state index contributed by atoms with van der Waals surface area (Å²) in [6, 6.07) is 10.1. The van der Waals surface area contributed by atoms with Crippen molar-refractivity contribution in [2.24, 2.45) is 0 Å². The molecule has 1 fully saturated rings. The lowest BCUT2D eigenvalue weighted by Gasteiger charge is -2.19. The van der Waals surface area contributed by atoms with E-state index in [0.717, 1.165) is 16.3 Å². The van der Waals surface area contributed by atoms with Gasteiger partial charge in [-0.1, -0.05) is 30.3 Å². The molecule has 0 spiro atoms. The van der Waals surface area contributed by atoms with Crippen LogP contribution in [0.3, 0.4) is 0 Å². The number of Topliss-reactive ketones (excluding diaryl/α,β-unsaturated/α-hetero) is 1. The summed E-state index contributed by atoms with van der Waals surface area (Å²) < 4.78 is 5.61. The second-order valence-corrected chi connectivity index (χ2v) is 5.15. The molecule has 3 rings (SSSR count). The number of rotatable bonds is 2. The molecule has 1 saturated heterocycles. The molecule has 1 aliphatic rings. The average Bonchev–Trinajstić information content (AvgIpc) is 2.89. The maximum Gasteiger partial charge on any atom is 0.138 e. The number of hydrogen-bond donors (Lipinski definition) is 0. The minimum atomic E-state index is -0.153. The molecule has 0 saturated carbocycles. The number of aromatic nitrogens is 1. The first-order valence-electron chi connectivity index (χ1n) is 5.97. The summed E-state index contributed by atoms with van der Waals surface area (Å²) in [5, 5.41) is 2.97. The lowest BCUT2D eigenvalue weighted by molar-refractivity contribution is -0.128. The lowest BCUT2D eigenvalue weighted by atomic mass is 10.1. The highest BCUT2D eigenvalue weighted by molar-refractivity contribution is 7.13. The molecule has 0 aliphatic carbocycles. The topological polar surface area (TPSA) is 39.2 Å². The molecule has 92 valence electrons. The van der Waals surface area contributed by atoms with Crippen molar-refractivity contribution in [2.75, 3.05) is 6.61 Å². The van der Waals surface area contributed by atoms with Gasteiger partial charge in [0.2, 0.25) is 0 Å². The van der Waals surface area contributed by atoms with Crippen molar-refractivity contribution < 1.29 is 9.53 Å². The molecule has 1 aromatic carbocycles. The molecule has 2 heterocycles. The number of carbonyl (C=O) groups is 1. The van der Waals surface area contributed by atoms with Crippen molar-refractivity contribution in [1.29, 1.82) is 0 Å². The summed E-state index contributed by atoms with van der Waals surface area (Å²) >= 11 is 1.60. The van der Waals surface area contributed by atoms with Crippen molar-refractivity contribution >= 4 is 17.1 Å². The molecular weight excluding hydrogens is 246 g/mol. The number of nitrogens with zero attached hydrogens (tertiary/aromatic N) is 1. The van der Waals surface area contributed by atoms with Crippen LogP contribution in [0.1, 0.15) is 24.6 Å². The van der Waals surface area contributed by atoms with Crippen LogP contribution < -0.4 is 0 Å². The zero-order valence-electron chi connectivity index (χ0n) is 9.83. The van der Waals surface area contributed by atoms with Crippen LogP contribution in [0.25, 0.3) is 10.6 Å². The summed E-state index contributed by atoms with van der Waals surface area (Å²) in [6.07, 6.45) is 0.837. The fourth-order valence-electron chi connectivity index (χ4n) is 2.02. The molecule has 1 aliphatic heterocycles. The first-order chi connectivity index (χ1) is 8.83. The van der Waals surface area contributed by atoms with E-state index in [4.69, 9.17) is 4.74 Å². The van der Waals surface area contributed by atoms with E-state index in [1.165, 1.54) is 0 Å². The number of ether oxygens (including phenoxy) is 1. The van der Waals surface area contributed by atoms with Crippen molar-refractivity contribution in [1.82, 2.24) is 4.98 Å². The SMILES string of the molecule is O=C1CCOC(c2csc(-c3ccccc3)n2)C1. The van der Waals surface area contributed by atoms with Crippen LogP contribution in [0, 0.1) is 0 Å². The van der Waals surface area contributed by atoms with Gasteiger partial charge >= 0.3 is 0 Å². The first kappa shape index (κ1) is 11.6. The summed E-state index contributed by atoms with van der Waals surface area (Å²) in [4.78, 5) is 16.0. The third kappa shape index (κ3) is 2.35. The Morgan fingerprint density at radius 1 is 1.28 bits per heavy atom. The van der Waals surface area contributed by atoms with Gasteiger partial charge in [-0.05, 0) is 0 Å². The number of carbonyl (C=O) groups excluding carboxylic acids is 1. The Hall–Kier alpha value is -1.52. The summed E-state index contributed by atoms with van der Waals surface area (Å²) in [5.41, 5.74) is 1.99. The second kappa shape index (κ2) is 5.00. The van der Waals surface area contributed by atoms with Crippen molar-refractivity contribution in [3.8, 4) is 10.6 Å². The third-order valence-electron chi connectivity index (χ3n) is 2.99. The highest BCUT2D eigenvalue weighted by atomic mass is 32.1. The summed E-state index contributed by atoms with van der Waals surface area (Å²) in [7, 11) is 0. The van der Waals surface area contributed by atoms with Crippen LogP contribution in [-0.4, -0.2) is 17.4 Å². The highest BCUT2D eigenvalue weighted by Crippen LogP contribution is 2.30. The molecule has 0 amide bonds. The van der Waals surface area contributed by atoms with Crippen molar-refractivity contribution in [3.63, 3.8) is 0 Å². The number of hydrogen-bond acceptors (Lipinski definition) is 4. The van der Waals surface area contributed by atoms with Gasteiger partial charge in [-0.25, -0.2) is 4.98 Å². The minimum absolute atomic E-state index is 0.153. The minimum Gasteiger partial charge on any atom is -0.371 e. The van der Waals surface area contributed by atoms with Crippen molar-refractivity contribution in [3.05, 3.63) is 41.4 Å². The standard InChI is InChI=1S/C14H13NO2S/c16-11-6-7-17-13(8-11)12-9-18-14(15-12)10-4-2-1-3-5-10/h1-5,9,13H,6-8H2. The van der Waals surface area contributed by atoms with Crippen LogP contribution in [-0.2, 0) is 9.53 Å². The van der Waals surface area contributed by atoms with E-state index in [2.05, 4.69) is 4.98 Å². The fourth-order valence-corrected chi connectivity index (χ4v) is 2.89. The largest absolute Gasteiger partial charge is 0.371 e. The van der Waals surface area contributed by atoms with E-state index in [9.17, 15) is 4.79 Å². The maximum absolute atomic E-state index is 11.4. The number of ketones is 1. The quantitative estimate of drug-likeness (QED) is 0.831. The van der Waals surface area contributed by atoms with E-state index in [-0.39, 0.29) is 11.9 Å². The predicted molar refractivity (Wildman–Crippen MR) is 70.5 cm³/mol. The summed E-state index contributed by atoms with van der Waals surface area (Å²) in [6.45, 7) is 0.516. The zero-order chi connectivity index (χ0) is 12.4. The van der Waals surface area contributed by atoms with Crippen LogP contribution in [0.4, 0.5) is 0 Å². The van der Waals surface area contributed by atoms with E-state index >= 15 is 0 Å². The monoisotopic (exact) mass is 259 g/mol. The average molecular weight is 259 g/mol. The molecular formula is C14H13NO2S. The van der Waals surface area contributed by atoms with Crippen LogP contribution >= 0.6 is 11.3 Å². The Balaban J connectivity index is 1.83. The van der Waals surface area contributed by atoms with Gasteiger partial charge in [0.05, 0.1) is 12.3 Å². The molecule has 1 unspecified atom stereocenters. The molecule has 1 atom stereocenters. The Labute approximate surface area is 109 Å². The van der Waals surface area contributed by atoms with Crippen LogP contribution in [0.15, 0.2) is 35.7 Å². The number of benzene rings is 1. The molecule has 0 bridgehead atoms. The maximum atomic E-state index is 11.4. The fraction of sp³-hybridized carbons (Fsp3) is 0.286. The molecule has 0 N–H and O–H groups in total. The van der Waals surface area contributed by atoms with Gasteiger partial charge in [-0.2, -0.15) is 0 Å². The van der Waals surface area contributed by atoms with E-state index < -0.39 is 0 Å². The van der Waals surface area contributed by atoms with Gasteiger partial charge < -0.3 is 4.74 Å². The molecule has 18 heavy (non-hydrogen) atoms. The Morgan fingerprint density at radius 3 is 2.89 bits per heavy atom. The van der Waals surface area contributed by atoms with E-state index in [0.29, 0.717) is 19.4 Å². The normalized spacial score (nSPS) is 20.0. The van der Waals surface area contributed by atoms with Gasteiger partial charge in [-0.3, -0.25) is 4.79 Å². The summed E-state index contributed by atoms with van der Waals surface area (Å²) in [5.74, 6) is 0.264. The first-order valence-corrected chi connectivity index (χ1v) is 6.85. The van der Waals surface area contributed by atoms with Gasteiger partial charge in [0, 0.05) is 23.8 Å². The Morgan fingerprint density at radius 2 is 2.11 bits per heavy atom. The van der Waals surface area contributed by atoms with Gasteiger partial charge in [0.15, 0.2) is 0 Å². The predicted octanol–water partition coefficient (Wildman–Crippen LogP) is 3.23. The lowest BCUT2D eigenvalue weighted by Crippen LogP contribution is -2.19. The van der Waals surface area contributed by atoms with E-state index in [1.54, 1.807) is 11.3 Å². The van der Waals surface area contributed by atoms with Gasteiger partial charge in [-0.15, -0.1) is 11.3 Å². The highest BCUT2D eigenvalue weighted by Gasteiger charge is 2.23. The van der Waals surface area contributed by atoms with Crippen molar-refractivity contribution in [2.45, 2.75) is 18.9 Å². The zero-order valence-corrected chi connectivity index (χ0v) is 10.7.